The van der Waals surface area contributed by atoms with Gasteiger partial charge in [-0.1, -0.05) is 42.5 Å². The number of nitrogens with zero attached hydrogens (tertiary/aromatic N) is 2. The van der Waals surface area contributed by atoms with Gasteiger partial charge < -0.3 is 9.64 Å². The van der Waals surface area contributed by atoms with Crippen molar-refractivity contribution in [2.45, 2.75) is 30.7 Å². The number of alkyl halides is 2. The predicted molar refractivity (Wildman–Crippen MR) is 107 cm³/mol. The minimum absolute atomic E-state index is 0.0528. The molecule has 6 heteroatoms. The molecule has 0 unspecified atom stereocenters. The number of amides is 1. The maximum Gasteiger partial charge on any atom is 0.265 e. The van der Waals surface area contributed by atoms with E-state index >= 15 is 8.78 Å². The van der Waals surface area contributed by atoms with Crippen LogP contribution in [0.4, 0.5) is 8.78 Å². The molecule has 0 aliphatic carbocycles. The molecule has 0 N–H and O–H groups in total. The molecule has 3 aliphatic rings. The van der Waals surface area contributed by atoms with Crippen molar-refractivity contribution in [3.63, 3.8) is 0 Å². The smallest absolute Gasteiger partial charge is 0.265 e. The highest BCUT2D eigenvalue weighted by Gasteiger charge is 2.70. The zero-order valence-corrected chi connectivity index (χ0v) is 16.4. The van der Waals surface area contributed by atoms with Crippen LogP contribution in [0.3, 0.4) is 0 Å². The first kappa shape index (κ1) is 18.9. The van der Waals surface area contributed by atoms with Crippen LogP contribution in [0, 0.1) is 5.92 Å². The average molecular weight is 400 g/mol. The zero-order valence-electron chi connectivity index (χ0n) is 16.4. The number of hydrogen-bond acceptors (Lipinski definition) is 3. The summed E-state index contributed by atoms with van der Waals surface area (Å²) in [5.41, 5.74) is -3.55. The molecule has 0 aromatic heterocycles. The Labute approximate surface area is 169 Å². The first-order chi connectivity index (χ1) is 14.0. The van der Waals surface area contributed by atoms with Gasteiger partial charge >= 0.3 is 0 Å². The SMILES string of the molecule is O=C1N(CC2CCOCC2)C[C@@]2(F)CN(Cc3cccc4ccccc34)C[C@@]12F. The van der Waals surface area contributed by atoms with Gasteiger partial charge in [0.05, 0.1) is 6.54 Å². The van der Waals surface area contributed by atoms with E-state index in [-0.39, 0.29) is 25.6 Å². The second-order valence-corrected chi connectivity index (χ2v) is 8.79. The fourth-order valence-electron chi connectivity index (χ4n) is 5.22. The highest BCUT2D eigenvalue weighted by atomic mass is 19.2. The molecule has 2 aromatic rings. The Balaban J connectivity index is 1.32. The van der Waals surface area contributed by atoms with Gasteiger partial charge in [0.15, 0.2) is 5.67 Å². The van der Waals surface area contributed by atoms with E-state index in [1.54, 1.807) is 4.90 Å². The van der Waals surface area contributed by atoms with E-state index in [0.717, 1.165) is 29.2 Å². The van der Waals surface area contributed by atoms with E-state index in [4.69, 9.17) is 4.74 Å². The topological polar surface area (TPSA) is 32.8 Å². The number of ether oxygens (including phenoxy) is 1. The summed E-state index contributed by atoms with van der Waals surface area (Å²) >= 11 is 0. The Kier molecular flexibility index (Phi) is 4.59. The average Bonchev–Trinajstić information content (AvgIpc) is 3.07. The minimum atomic E-state index is -2.44. The maximum atomic E-state index is 15.7. The lowest BCUT2D eigenvalue weighted by atomic mass is 9.93. The van der Waals surface area contributed by atoms with Gasteiger partial charge in [-0.15, -0.1) is 0 Å². The first-order valence-electron chi connectivity index (χ1n) is 10.4. The number of carbonyl (C=O) groups excluding carboxylic acids is 1. The Hall–Kier alpha value is -2.05. The van der Waals surface area contributed by atoms with Crippen molar-refractivity contribution >= 4 is 16.7 Å². The van der Waals surface area contributed by atoms with Crippen LogP contribution < -0.4 is 0 Å². The van der Waals surface area contributed by atoms with Gasteiger partial charge in [-0.3, -0.25) is 9.69 Å². The number of benzene rings is 2. The summed E-state index contributed by atoms with van der Waals surface area (Å²) < 4.78 is 36.8. The Bertz CT molecular complexity index is 927. The molecule has 2 atom stereocenters. The number of fused-ring (bicyclic) bond motifs is 2. The molecule has 29 heavy (non-hydrogen) atoms. The van der Waals surface area contributed by atoms with E-state index in [2.05, 4.69) is 0 Å². The molecule has 0 saturated carbocycles. The third-order valence-corrected chi connectivity index (χ3v) is 6.79. The first-order valence-corrected chi connectivity index (χ1v) is 10.4. The number of rotatable bonds is 4. The zero-order chi connectivity index (χ0) is 20.1. The third-order valence-electron chi connectivity index (χ3n) is 6.79. The summed E-state index contributed by atoms with van der Waals surface area (Å²) in [5, 5.41) is 2.19. The number of carbonyl (C=O) groups is 1. The fraction of sp³-hybridized carbons (Fsp3) is 0.522. The van der Waals surface area contributed by atoms with Crippen LogP contribution in [0.15, 0.2) is 42.5 Å². The van der Waals surface area contributed by atoms with E-state index < -0.39 is 17.2 Å². The van der Waals surface area contributed by atoms with E-state index in [1.807, 2.05) is 42.5 Å². The predicted octanol–water partition coefficient (Wildman–Crippen LogP) is 3.34. The van der Waals surface area contributed by atoms with Gasteiger partial charge in [0, 0.05) is 39.4 Å². The van der Waals surface area contributed by atoms with Crippen molar-refractivity contribution in [2.75, 3.05) is 39.4 Å². The molecule has 1 amide bonds. The van der Waals surface area contributed by atoms with E-state index in [1.165, 1.54) is 4.90 Å². The van der Waals surface area contributed by atoms with Crippen molar-refractivity contribution in [1.82, 2.24) is 9.80 Å². The monoisotopic (exact) mass is 400 g/mol. The quantitative estimate of drug-likeness (QED) is 0.789. The summed E-state index contributed by atoms with van der Waals surface area (Å²) in [4.78, 5) is 16.0. The van der Waals surface area contributed by atoms with Gasteiger partial charge in [-0.2, -0.15) is 0 Å². The molecule has 5 rings (SSSR count). The van der Waals surface area contributed by atoms with E-state index in [0.29, 0.717) is 26.3 Å². The molecule has 0 spiro atoms. The lowest BCUT2D eigenvalue weighted by Gasteiger charge is -2.28. The van der Waals surface area contributed by atoms with Crippen LogP contribution in [0.25, 0.3) is 10.8 Å². The summed E-state index contributed by atoms with van der Waals surface area (Å²) in [5.74, 6) is -0.405. The van der Waals surface area contributed by atoms with Crippen molar-refractivity contribution in [3.05, 3.63) is 48.0 Å². The summed E-state index contributed by atoms with van der Waals surface area (Å²) in [6, 6.07) is 14.0. The van der Waals surface area contributed by atoms with Gasteiger partial charge in [-0.05, 0) is 35.1 Å². The standard InChI is InChI=1S/C23H26F2N2O2/c24-22-14-26(13-19-6-3-5-18-4-1-2-7-20(18)19)16-23(22,25)21(28)27(15-22)12-17-8-10-29-11-9-17/h1-7,17H,8-16H2/t22-,23+/m0/s1. The molecule has 154 valence electrons. The number of halogens is 2. The summed E-state index contributed by atoms with van der Waals surface area (Å²) in [6.45, 7) is 1.80. The second-order valence-electron chi connectivity index (χ2n) is 8.79. The highest BCUT2D eigenvalue weighted by Crippen LogP contribution is 2.46. The van der Waals surface area contributed by atoms with Crippen molar-refractivity contribution in [1.29, 1.82) is 0 Å². The number of likely N-dealkylation sites (tertiary alicyclic amines) is 2. The van der Waals surface area contributed by atoms with Crippen molar-refractivity contribution < 1.29 is 18.3 Å². The van der Waals surface area contributed by atoms with Gasteiger partial charge in [0.25, 0.3) is 5.91 Å². The Morgan fingerprint density at radius 1 is 1.00 bits per heavy atom. The summed E-state index contributed by atoms with van der Waals surface area (Å²) in [6.07, 6.45) is 1.69. The molecular formula is C23H26F2N2O2. The lowest BCUT2D eigenvalue weighted by molar-refractivity contribution is -0.140. The molecule has 3 fully saturated rings. The molecule has 3 aliphatic heterocycles. The molecule has 3 saturated heterocycles. The van der Waals surface area contributed by atoms with Crippen LogP contribution in [-0.4, -0.2) is 66.4 Å². The van der Waals surface area contributed by atoms with Crippen LogP contribution in [-0.2, 0) is 16.1 Å². The molecular weight excluding hydrogens is 374 g/mol. The van der Waals surface area contributed by atoms with Crippen LogP contribution in [0.5, 0.6) is 0 Å². The second kappa shape index (κ2) is 7.03. The largest absolute Gasteiger partial charge is 0.381 e. The highest BCUT2D eigenvalue weighted by molar-refractivity contribution is 5.91. The minimum Gasteiger partial charge on any atom is -0.381 e. The fourth-order valence-corrected chi connectivity index (χ4v) is 5.22. The molecule has 0 radical (unpaired) electrons. The molecule has 0 bridgehead atoms. The van der Waals surface area contributed by atoms with Crippen LogP contribution in [0.1, 0.15) is 18.4 Å². The van der Waals surface area contributed by atoms with Gasteiger partial charge in [-0.25, -0.2) is 8.78 Å². The van der Waals surface area contributed by atoms with E-state index in [9.17, 15) is 4.79 Å². The van der Waals surface area contributed by atoms with Crippen LogP contribution in [0.2, 0.25) is 0 Å². The van der Waals surface area contributed by atoms with Crippen molar-refractivity contribution in [2.24, 2.45) is 5.92 Å². The lowest BCUT2D eigenvalue weighted by Crippen LogP contribution is -2.47. The molecule has 2 aromatic carbocycles. The van der Waals surface area contributed by atoms with Crippen molar-refractivity contribution in [3.8, 4) is 0 Å². The van der Waals surface area contributed by atoms with Crippen LogP contribution >= 0.6 is 0 Å². The van der Waals surface area contributed by atoms with Gasteiger partial charge in [0.2, 0.25) is 5.67 Å². The maximum absolute atomic E-state index is 15.7. The number of hydrogen-bond donors (Lipinski definition) is 0. The van der Waals surface area contributed by atoms with Gasteiger partial charge in [0.1, 0.15) is 0 Å². The Morgan fingerprint density at radius 3 is 2.55 bits per heavy atom. The Morgan fingerprint density at radius 2 is 1.76 bits per heavy atom. The normalized spacial score (nSPS) is 31.0. The molecule has 4 nitrogen and oxygen atoms in total. The third kappa shape index (κ3) is 3.13. The molecule has 3 heterocycles. The summed E-state index contributed by atoms with van der Waals surface area (Å²) in [7, 11) is 0.